The molecule has 0 aliphatic rings. The topological polar surface area (TPSA) is 109 Å². The largest absolute Gasteiger partial charge is 0.484 e. The van der Waals surface area contributed by atoms with Gasteiger partial charge in [0.1, 0.15) is 11.6 Å². The quantitative estimate of drug-likeness (QED) is 0.513. The maximum absolute atomic E-state index is 12.8. The second-order valence-corrected chi connectivity index (χ2v) is 5.98. The Bertz CT molecular complexity index is 825. The lowest BCUT2D eigenvalue weighted by Gasteiger charge is -2.10. The first-order valence-electron chi connectivity index (χ1n) is 9.02. The number of benzene rings is 2. The Kier molecular flexibility index (Phi) is 8.43. The molecule has 4 N–H and O–H groups in total. The summed E-state index contributed by atoms with van der Waals surface area (Å²) in [4.78, 5) is 35.0. The summed E-state index contributed by atoms with van der Waals surface area (Å²) in [5.41, 5.74) is 1.26. The molecule has 4 amide bonds. The van der Waals surface area contributed by atoms with Gasteiger partial charge in [0.05, 0.1) is 6.54 Å². The van der Waals surface area contributed by atoms with Gasteiger partial charge in [-0.3, -0.25) is 9.59 Å². The third kappa shape index (κ3) is 8.29. The minimum absolute atomic E-state index is 0.0868. The van der Waals surface area contributed by atoms with E-state index in [1.54, 1.807) is 36.4 Å². The number of anilines is 1. The van der Waals surface area contributed by atoms with Gasteiger partial charge < -0.3 is 26.0 Å². The van der Waals surface area contributed by atoms with Crippen molar-refractivity contribution in [2.45, 2.75) is 13.5 Å². The van der Waals surface area contributed by atoms with Crippen molar-refractivity contribution in [3.05, 3.63) is 59.9 Å². The monoisotopic (exact) mass is 402 g/mol. The van der Waals surface area contributed by atoms with Crippen LogP contribution >= 0.6 is 0 Å². The fraction of sp³-hybridized carbons (Fsp3) is 0.250. The predicted octanol–water partition coefficient (Wildman–Crippen LogP) is 1.78. The summed E-state index contributed by atoms with van der Waals surface area (Å²) in [5.74, 6) is -0.476. The zero-order chi connectivity index (χ0) is 21.1. The molecule has 0 unspecified atom stereocenters. The number of carbonyl (C=O) groups excluding carboxylic acids is 3. The smallest absolute Gasteiger partial charge is 0.315 e. The van der Waals surface area contributed by atoms with Gasteiger partial charge in [0, 0.05) is 18.8 Å². The molecule has 2 aromatic rings. The van der Waals surface area contributed by atoms with Crippen LogP contribution < -0.4 is 26.0 Å². The summed E-state index contributed by atoms with van der Waals surface area (Å²) in [6.45, 7) is 2.26. The van der Waals surface area contributed by atoms with E-state index in [0.717, 1.165) is 5.56 Å². The van der Waals surface area contributed by atoms with Crippen LogP contribution in [-0.4, -0.2) is 37.5 Å². The third-order valence-corrected chi connectivity index (χ3v) is 3.66. The number of hydrogen-bond donors (Lipinski definition) is 4. The molecule has 9 heteroatoms. The molecular formula is C20H23FN4O4. The number of nitrogens with one attached hydrogen (secondary N) is 4. The van der Waals surface area contributed by atoms with Crippen LogP contribution in [0.4, 0.5) is 14.9 Å². The van der Waals surface area contributed by atoms with Gasteiger partial charge in [-0.25, -0.2) is 9.18 Å². The summed E-state index contributed by atoms with van der Waals surface area (Å²) >= 11 is 0. The summed E-state index contributed by atoms with van der Waals surface area (Å²) in [6, 6.07) is 11.7. The van der Waals surface area contributed by atoms with Crippen LogP contribution in [0.5, 0.6) is 5.75 Å². The highest BCUT2D eigenvalue weighted by Crippen LogP contribution is 2.15. The first-order valence-corrected chi connectivity index (χ1v) is 9.02. The number of rotatable bonds is 9. The number of urea groups is 1. The highest BCUT2D eigenvalue weighted by molar-refractivity contribution is 5.94. The Morgan fingerprint density at radius 1 is 0.897 bits per heavy atom. The first-order chi connectivity index (χ1) is 14.0. The lowest BCUT2D eigenvalue weighted by atomic mass is 10.2. The Labute approximate surface area is 167 Å². The Morgan fingerprint density at radius 2 is 1.59 bits per heavy atom. The van der Waals surface area contributed by atoms with Crippen LogP contribution in [0.2, 0.25) is 0 Å². The van der Waals surface area contributed by atoms with Gasteiger partial charge in [-0.1, -0.05) is 12.1 Å². The molecule has 0 aliphatic heterocycles. The van der Waals surface area contributed by atoms with E-state index in [2.05, 4.69) is 21.3 Å². The highest BCUT2D eigenvalue weighted by Gasteiger charge is 2.07. The zero-order valence-electron chi connectivity index (χ0n) is 16.0. The normalized spacial score (nSPS) is 10.0. The molecule has 8 nitrogen and oxygen atoms in total. The van der Waals surface area contributed by atoms with Crippen LogP contribution in [0.15, 0.2) is 48.5 Å². The molecule has 0 saturated carbocycles. The lowest BCUT2D eigenvalue weighted by molar-refractivity contribution is -0.123. The maximum atomic E-state index is 12.8. The molecule has 0 spiro atoms. The maximum Gasteiger partial charge on any atom is 0.315 e. The van der Waals surface area contributed by atoms with Crippen molar-refractivity contribution < 1.29 is 23.5 Å². The van der Waals surface area contributed by atoms with Crippen molar-refractivity contribution in [3.63, 3.8) is 0 Å². The molecule has 2 aromatic carbocycles. The van der Waals surface area contributed by atoms with Crippen molar-refractivity contribution in [1.29, 1.82) is 0 Å². The molecule has 0 heterocycles. The van der Waals surface area contributed by atoms with E-state index >= 15 is 0 Å². The van der Waals surface area contributed by atoms with Crippen LogP contribution in [-0.2, 0) is 16.1 Å². The van der Waals surface area contributed by atoms with E-state index in [1.807, 2.05) is 6.92 Å². The summed E-state index contributed by atoms with van der Waals surface area (Å²) in [5, 5.41) is 10.3. The average Bonchev–Trinajstić information content (AvgIpc) is 2.71. The number of carbonyl (C=O) groups is 3. The van der Waals surface area contributed by atoms with E-state index in [1.165, 1.54) is 12.1 Å². The second-order valence-electron chi connectivity index (χ2n) is 5.98. The molecule has 0 saturated heterocycles. The van der Waals surface area contributed by atoms with Crippen LogP contribution in [0.3, 0.4) is 0 Å². The molecule has 0 fully saturated rings. The molecule has 154 valence electrons. The second kappa shape index (κ2) is 11.3. The average molecular weight is 402 g/mol. The molecule has 2 rings (SSSR count). The zero-order valence-corrected chi connectivity index (χ0v) is 16.0. The fourth-order valence-corrected chi connectivity index (χ4v) is 2.24. The van der Waals surface area contributed by atoms with Crippen molar-refractivity contribution in [1.82, 2.24) is 16.0 Å². The number of likely N-dealkylation sites (N-methyl/N-ethyl adjacent to an activating group) is 1. The van der Waals surface area contributed by atoms with Crippen molar-refractivity contribution in [3.8, 4) is 5.75 Å². The first kappa shape index (κ1) is 21.7. The standard InChI is InChI=1S/C20H23FN4O4/c1-2-22-19(27)13-29-17-9-7-16(8-10-17)25-18(26)12-24-20(28)23-11-14-3-5-15(21)6-4-14/h3-10H,2,11-13H2,1H3,(H,22,27)(H,25,26)(H2,23,24,28). The predicted molar refractivity (Wildman–Crippen MR) is 106 cm³/mol. The minimum Gasteiger partial charge on any atom is -0.484 e. The van der Waals surface area contributed by atoms with Gasteiger partial charge in [0.25, 0.3) is 5.91 Å². The molecule has 0 atom stereocenters. The van der Waals surface area contributed by atoms with Gasteiger partial charge in [0.15, 0.2) is 6.61 Å². The fourth-order valence-electron chi connectivity index (χ4n) is 2.24. The van der Waals surface area contributed by atoms with Crippen LogP contribution in [0, 0.1) is 5.82 Å². The van der Waals surface area contributed by atoms with Crippen molar-refractivity contribution >= 4 is 23.5 Å². The molecular weight excluding hydrogens is 379 g/mol. The van der Waals surface area contributed by atoms with Crippen LogP contribution in [0.1, 0.15) is 12.5 Å². The Morgan fingerprint density at radius 3 is 2.24 bits per heavy atom. The highest BCUT2D eigenvalue weighted by atomic mass is 19.1. The number of ether oxygens (including phenoxy) is 1. The van der Waals surface area contributed by atoms with Gasteiger partial charge >= 0.3 is 6.03 Å². The SMILES string of the molecule is CCNC(=O)COc1ccc(NC(=O)CNC(=O)NCc2ccc(F)cc2)cc1. The van der Waals surface area contributed by atoms with Crippen molar-refractivity contribution in [2.24, 2.45) is 0 Å². The third-order valence-electron chi connectivity index (χ3n) is 3.66. The number of amides is 4. The Balaban J connectivity index is 1.68. The summed E-state index contributed by atoms with van der Waals surface area (Å²) < 4.78 is 18.1. The Hall–Kier alpha value is -3.62. The molecule has 0 aromatic heterocycles. The van der Waals surface area contributed by atoms with E-state index < -0.39 is 11.9 Å². The number of halogens is 1. The summed E-state index contributed by atoms with van der Waals surface area (Å²) in [7, 11) is 0. The molecule has 0 aliphatic carbocycles. The van der Waals surface area contributed by atoms with Gasteiger partial charge in [-0.15, -0.1) is 0 Å². The van der Waals surface area contributed by atoms with E-state index in [9.17, 15) is 18.8 Å². The van der Waals surface area contributed by atoms with E-state index in [0.29, 0.717) is 18.0 Å². The van der Waals surface area contributed by atoms with E-state index in [-0.39, 0.29) is 31.4 Å². The van der Waals surface area contributed by atoms with Crippen molar-refractivity contribution in [2.75, 3.05) is 25.0 Å². The van der Waals surface area contributed by atoms with E-state index in [4.69, 9.17) is 4.74 Å². The number of hydrogen-bond acceptors (Lipinski definition) is 4. The summed E-state index contributed by atoms with van der Waals surface area (Å²) in [6.07, 6.45) is 0. The molecule has 0 radical (unpaired) electrons. The lowest BCUT2D eigenvalue weighted by Crippen LogP contribution is -2.39. The molecule has 0 bridgehead atoms. The van der Waals surface area contributed by atoms with Crippen LogP contribution in [0.25, 0.3) is 0 Å². The van der Waals surface area contributed by atoms with Gasteiger partial charge in [-0.2, -0.15) is 0 Å². The van der Waals surface area contributed by atoms with Gasteiger partial charge in [0.2, 0.25) is 5.91 Å². The molecule has 29 heavy (non-hydrogen) atoms. The van der Waals surface area contributed by atoms with Gasteiger partial charge in [-0.05, 0) is 48.9 Å². The minimum atomic E-state index is -0.515.